The molecule has 0 unspecified atom stereocenters. The molecule has 1 aromatic carbocycles. The van der Waals surface area contributed by atoms with Crippen LogP contribution in [0.1, 0.15) is 31.4 Å². The summed E-state index contributed by atoms with van der Waals surface area (Å²) in [6.45, 7) is 6.60. The van der Waals surface area contributed by atoms with Crippen LogP contribution >= 0.6 is 0 Å². The summed E-state index contributed by atoms with van der Waals surface area (Å²) in [6.07, 6.45) is 3.40. The fraction of sp³-hybridized carbons (Fsp3) is 0.444. The molecule has 1 aromatic heterocycles. The minimum absolute atomic E-state index is 0.156. The van der Waals surface area contributed by atoms with Gasteiger partial charge in [0.15, 0.2) is 0 Å². The highest BCUT2D eigenvalue weighted by Crippen LogP contribution is 2.29. The number of benzene rings is 1. The summed E-state index contributed by atoms with van der Waals surface area (Å²) in [4.78, 5) is 4.38. The fourth-order valence-electron chi connectivity index (χ4n) is 2.52. The van der Waals surface area contributed by atoms with Crippen LogP contribution in [0.4, 0.5) is 5.69 Å². The molecule has 0 atom stereocenters. The van der Waals surface area contributed by atoms with E-state index in [4.69, 9.17) is 0 Å². The van der Waals surface area contributed by atoms with Crippen molar-refractivity contribution in [3.05, 3.63) is 35.5 Å². The monoisotopic (exact) mass is 345 g/mol. The first-order valence-electron chi connectivity index (χ1n) is 7.83. The highest BCUT2D eigenvalue weighted by Gasteiger charge is 2.21. The number of anilines is 1. The SMILES string of the molecule is Cc1cccc2c(NCC(C)(C)CCS(C)(=O)=O)c(C#N)cnc12. The first-order chi connectivity index (χ1) is 11.1. The molecule has 1 N–H and O–H groups in total. The zero-order valence-electron chi connectivity index (χ0n) is 14.5. The molecule has 24 heavy (non-hydrogen) atoms. The lowest BCUT2D eigenvalue weighted by atomic mass is 9.90. The number of sulfone groups is 1. The predicted molar refractivity (Wildman–Crippen MR) is 97.8 cm³/mol. The summed E-state index contributed by atoms with van der Waals surface area (Å²) in [5.41, 5.74) is 2.96. The summed E-state index contributed by atoms with van der Waals surface area (Å²) in [5, 5.41) is 13.6. The van der Waals surface area contributed by atoms with Crippen molar-refractivity contribution in [2.75, 3.05) is 23.9 Å². The molecular weight excluding hydrogens is 322 g/mol. The number of nitrogens with zero attached hydrogens (tertiary/aromatic N) is 2. The summed E-state index contributed by atoms with van der Waals surface area (Å²) < 4.78 is 22.8. The van der Waals surface area contributed by atoms with Crippen LogP contribution in [0.2, 0.25) is 0 Å². The van der Waals surface area contributed by atoms with Gasteiger partial charge in [0.25, 0.3) is 0 Å². The normalized spacial score (nSPS) is 12.1. The molecule has 0 spiro atoms. The van der Waals surface area contributed by atoms with Crippen LogP contribution in [-0.2, 0) is 9.84 Å². The lowest BCUT2D eigenvalue weighted by Gasteiger charge is -2.26. The Morgan fingerprint density at radius 2 is 2.04 bits per heavy atom. The minimum Gasteiger partial charge on any atom is -0.383 e. The Balaban J connectivity index is 2.29. The highest BCUT2D eigenvalue weighted by atomic mass is 32.2. The maximum atomic E-state index is 11.4. The average molecular weight is 345 g/mol. The Labute approximate surface area is 143 Å². The number of hydrogen-bond donors (Lipinski definition) is 1. The van der Waals surface area contributed by atoms with E-state index >= 15 is 0 Å². The molecule has 2 rings (SSSR count). The van der Waals surface area contributed by atoms with Crippen molar-refractivity contribution in [1.82, 2.24) is 4.98 Å². The smallest absolute Gasteiger partial charge is 0.147 e. The molecule has 5 nitrogen and oxygen atoms in total. The van der Waals surface area contributed by atoms with Crippen LogP contribution in [-0.4, -0.2) is 32.0 Å². The van der Waals surface area contributed by atoms with Gasteiger partial charge in [-0.05, 0) is 24.3 Å². The van der Waals surface area contributed by atoms with Crippen LogP contribution in [0, 0.1) is 23.7 Å². The summed E-state index contributed by atoms with van der Waals surface area (Å²) in [7, 11) is -2.98. The van der Waals surface area contributed by atoms with E-state index < -0.39 is 9.84 Å². The lowest BCUT2D eigenvalue weighted by molar-refractivity contribution is 0.377. The molecule has 1 heterocycles. The summed E-state index contributed by atoms with van der Waals surface area (Å²) in [6, 6.07) is 8.06. The molecule has 0 fully saturated rings. The largest absolute Gasteiger partial charge is 0.383 e. The third-order valence-electron chi connectivity index (χ3n) is 4.11. The van der Waals surface area contributed by atoms with Gasteiger partial charge in [-0.2, -0.15) is 5.26 Å². The zero-order chi connectivity index (χ0) is 18.0. The quantitative estimate of drug-likeness (QED) is 0.868. The predicted octanol–water partition coefficient (Wildman–Crippen LogP) is 3.29. The number of aromatic nitrogens is 1. The van der Waals surface area contributed by atoms with E-state index in [1.807, 2.05) is 39.0 Å². The van der Waals surface area contributed by atoms with Crippen molar-refractivity contribution >= 4 is 26.4 Å². The third kappa shape index (κ3) is 4.45. The minimum atomic E-state index is -2.98. The average Bonchev–Trinajstić information content (AvgIpc) is 2.50. The molecule has 6 heteroatoms. The maximum Gasteiger partial charge on any atom is 0.147 e. The molecule has 128 valence electrons. The number of fused-ring (bicyclic) bond motifs is 1. The van der Waals surface area contributed by atoms with Crippen LogP contribution in [0.5, 0.6) is 0 Å². The summed E-state index contributed by atoms with van der Waals surface area (Å²) in [5.74, 6) is 0.156. The van der Waals surface area contributed by atoms with Crippen LogP contribution in [0.25, 0.3) is 10.9 Å². The number of pyridine rings is 1. The number of hydrogen-bond acceptors (Lipinski definition) is 5. The van der Waals surface area contributed by atoms with Crippen molar-refractivity contribution < 1.29 is 8.42 Å². The maximum absolute atomic E-state index is 11.4. The Morgan fingerprint density at radius 3 is 2.67 bits per heavy atom. The first kappa shape index (κ1) is 18.2. The number of para-hydroxylation sites is 1. The first-order valence-corrected chi connectivity index (χ1v) is 9.89. The van der Waals surface area contributed by atoms with Crippen molar-refractivity contribution in [2.24, 2.45) is 5.41 Å². The van der Waals surface area contributed by atoms with Gasteiger partial charge in [-0.25, -0.2) is 8.42 Å². The van der Waals surface area contributed by atoms with Gasteiger partial charge in [-0.1, -0.05) is 32.0 Å². The Hall–Kier alpha value is -2.13. The fourth-order valence-corrected chi connectivity index (χ4v) is 3.45. The van der Waals surface area contributed by atoms with Gasteiger partial charge in [0.05, 0.1) is 22.5 Å². The second kappa shape index (κ2) is 6.78. The molecule has 0 amide bonds. The van der Waals surface area contributed by atoms with Crippen molar-refractivity contribution in [1.29, 1.82) is 5.26 Å². The summed E-state index contributed by atoms with van der Waals surface area (Å²) >= 11 is 0. The van der Waals surface area contributed by atoms with Gasteiger partial charge in [-0.3, -0.25) is 4.98 Å². The molecule has 0 aliphatic heterocycles. The number of nitrogens with one attached hydrogen (secondary N) is 1. The van der Waals surface area contributed by atoms with Crippen molar-refractivity contribution in [2.45, 2.75) is 27.2 Å². The Morgan fingerprint density at radius 1 is 1.33 bits per heavy atom. The number of rotatable bonds is 6. The van der Waals surface area contributed by atoms with Gasteiger partial charge >= 0.3 is 0 Å². The van der Waals surface area contributed by atoms with Crippen molar-refractivity contribution in [3.8, 4) is 6.07 Å². The van der Waals surface area contributed by atoms with Crippen LogP contribution in [0.3, 0.4) is 0 Å². The number of nitriles is 1. The lowest BCUT2D eigenvalue weighted by Crippen LogP contribution is -2.26. The standard InChI is InChI=1S/C18H23N3O2S/c1-13-6-5-7-15-16(13)20-11-14(10-19)17(15)21-12-18(2,3)8-9-24(4,22)23/h5-7,11H,8-9,12H2,1-4H3,(H,20,21). The molecule has 0 saturated carbocycles. The topological polar surface area (TPSA) is 82.9 Å². The van der Waals surface area contributed by atoms with E-state index in [1.54, 1.807) is 6.20 Å². The van der Waals surface area contributed by atoms with E-state index in [0.717, 1.165) is 22.2 Å². The van der Waals surface area contributed by atoms with Gasteiger partial charge in [-0.15, -0.1) is 0 Å². The van der Waals surface area contributed by atoms with E-state index in [1.165, 1.54) is 6.26 Å². The van der Waals surface area contributed by atoms with E-state index in [-0.39, 0.29) is 11.2 Å². The highest BCUT2D eigenvalue weighted by molar-refractivity contribution is 7.90. The number of aryl methyl sites for hydroxylation is 1. The van der Waals surface area contributed by atoms with Gasteiger partial charge in [0, 0.05) is 24.4 Å². The van der Waals surface area contributed by atoms with Gasteiger partial charge < -0.3 is 5.32 Å². The second-order valence-corrected chi connectivity index (χ2v) is 9.29. The van der Waals surface area contributed by atoms with Gasteiger partial charge in [0.2, 0.25) is 0 Å². The molecule has 0 saturated heterocycles. The Kier molecular flexibility index (Phi) is 5.14. The molecule has 0 radical (unpaired) electrons. The Bertz CT molecular complexity index is 896. The van der Waals surface area contributed by atoms with Crippen molar-refractivity contribution in [3.63, 3.8) is 0 Å². The third-order valence-corrected chi connectivity index (χ3v) is 5.06. The van der Waals surface area contributed by atoms with E-state index in [0.29, 0.717) is 18.5 Å². The zero-order valence-corrected chi connectivity index (χ0v) is 15.4. The second-order valence-electron chi connectivity index (χ2n) is 7.03. The molecule has 0 aliphatic rings. The molecule has 2 aromatic rings. The molecular formula is C18H23N3O2S. The molecule has 0 aliphatic carbocycles. The van der Waals surface area contributed by atoms with E-state index in [2.05, 4.69) is 16.4 Å². The van der Waals surface area contributed by atoms with Crippen LogP contribution in [0.15, 0.2) is 24.4 Å². The van der Waals surface area contributed by atoms with E-state index in [9.17, 15) is 13.7 Å². The van der Waals surface area contributed by atoms with Gasteiger partial charge in [0.1, 0.15) is 15.9 Å². The molecule has 0 bridgehead atoms. The van der Waals surface area contributed by atoms with Crippen LogP contribution < -0.4 is 5.32 Å².